The highest BCUT2D eigenvalue weighted by Crippen LogP contribution is 2.45. The molecular formula is C49H72O14. The van der Waals surface area contributed by atoms with Gasteiger partial charge < -0.3 is 43.0 Å². The van der Waals surface area contributed by atoms with E-state index in [1.165, 1.54) is 32.4 Å². The number of esters is 1. The molecule has 4 unspecified atom stereocenters. The van der Waals surface area contributed by atoms with Gasteiger partial charge in [-0.15, -0.1) is 0 Å². The maximum atomic E-state index is 14.3. The molecule has 14 heteroatoms. The van der Waals surface area contributed by atoms with Gasteiger partial charge in [-0.2, -0.15) is 0 Å². The van der Waals surface area contributed by atoms with Crippen molar-refractivity contribution >= 4 is 17.5 Å². The summed E-state index contributed by atoms with van der Waals surface area (Å²) in [7, 11) is 3.15. The van der Waals surface area contributed by atoms with E-state index in [1.807, 2.05) is 26.0 Å². The maximum absolute atomic E-state index is 14.3. The number of ether oxygens (including phenoxy) is 8. The Labute approximate surface area is 373 Å². The van der Waals surface area contributed by atoms with Crippen LogP contribution in [0.5, 0.6) is 0 Å². The number of aliphatic hydroxyl groups is 1. The van der Waals surface area contributed by atoms with Crippen LogP contribution in [-0.2, 0) is 62.1 Å². The molecule has 7 rings (SSSR count). The van der Waals surface area contributed by atoms with E-state index in [-0.39, 0.29) is 42.5 Å². The van der Waals surface area contributed by atoms with Crippen molar-refractivity contribution in [3.8, 4) is 0 Å². The molecule has 0 aromatic carbocycles. The molecule has 0 aromatic heterocycles. The molecule has 0 radical (unpaired) electrons. The quantitative estimate of drug-likeness (QED) is 0.162. The number of hydrogen-bond donors (Lipinski definition) is 1. The van der Waals surface area contributed by atoms with Crippen molar-refractivity contribution in [1.29, 1.82) is 0 Å². The summed E-state index contributed by atoms with van der Waals surface area (Å²) in [5.74, 6) is -1.75. The normalized spacial score (nSPS) is 44.9. The minimum Gasteiger partial charge on any atom is -0.462 e. The van der Waals surface area contributed by atoms with E-state index in [9.17, 15) is 19.5 Å². The summed E-state index contributed by atoms with van der Waals surface area (Å²) in [6.07, 6.45) is 12.2. The molecule has 1 saturated carbocycles. The van der Waals surface area contributed by atoms with Crippen LogP contribution in [0.4, 0.5) is 0 Å². The van der Waals surface area contributed by atoms with Gasteiger partial charge in [0.25, 0.3) is 0 Å². The minimum atomic E-state index is -1.92. The lowest BCUT2D eigenvalue weighted by Crippen LogP contribution is -2.56. The molecule has 352 valence electrons. The number of hydrogen-bond acceptors (Lipinski definition) is 14. The summed E-state index contributed by atoms with van der Waals surface area (Å²) in [4.78, 5) is 53.2. The average Bonchev–Trinajstić information content (AvgIpc) is 3.60. The van der Waals surface area contributed by atoms with Crippen molar-refractivity contribution in [2.75, 3.05) is 20.8 Å². The highest BCUT2D eigenvalue weighted by Gasteiger charge is 2.60. The Hall–Kier alpha value is -2.63. The Morgan fingerprint density at radius 1 is 0.825 bits per heavy atom. The summed E-state index contributed by atoms with van der Waals surface area (Å²) in [6.45, 7) is 11.6. The SMILES string of the molecule is COC1C[C@H](O[C@H]2C(C)O[C@@H](O[C@@H]3/C(C)=C/C[C@@H]4C[C@@H](CCC[C@H](C)[C@@H](C5CCCCC5)OO4)OC(=O)[C@@H]4C=C(C)C(=O)[C@H]5OC/C(=C\C=C\[C@@H]3C)[C@]54O)CC2OC)OC(C)C1=O. The molecule has 63 heavy (non-hydrogen) atoms. The largest absolute Gasteiger partial charge is 0.462 e. The molecule has 4 saturated heterocycles. The van der Waals surface area contributed by atoms with Gasteiger partial charge in [-0.05, 0) is 94.8 Å². The molecule has 1 N–H and O–H groups in total. The van der Waals surface area contributed by atoms with Crippen molar-refractivity contribution in [3.05, 3.63) is 47.1 Å². The molecule has 5 fully saturated rings. The third-order valence-electron chi connectivity index (χ3n) is 14.7. The molecular weight excluding hydrogens is 813 g/mol. The molecule has 2 aliphatic carbocycles. The van der Waals surface area contributed by atoms with Crippen LogP contribution in [0.3, 0.4) is 0 Å². The summed E-state index contributed by atoms with van der Waals surface area (Å²) >= 11 is 0. The summed E-state index contributed by atoms with van der Waals surface area (Å²) < 4.78 is 49.5. The first kappa shape index (κ1) is 48.3. The van der Waals surface area contributed by atoms with Crippen LogP contribution >= 0.6 is 0 Å². The van der Waals surface area contributed by atoms with E-state index < -0.39 is 85.0 Å². The lowest BCUT2D eigenvalue weighted by molar-refractivity contribution is -0.371. The molecule has 14 nitrogen and oxygen atoms in total. The molecule has 0 aromatic rings. The Morgan fingerprint density at radius 2 is 1.59 bits per heavy atom. The van der Waals surface area contributed by atoms with E-state index in [0.29, 0.717) is 42.7 Å². The van der Waals surface area contributed by atoms with Gasteiger partial charge in [0.1, 0.15) is 35.9 Å². The number of fused-ring (bicyclic) bond motifs is 2. The highest BCUT2D eigenvalue weighted by atomic mass is 17.2. The maximum Gasteiger partial charge on any atom is 0.316 e. The topological polar surface area (TPSA) is 164 Å². The highest BCUT2D eigenvalue weighted by molar-refractivity contribution is 6.03. The number of Topliss-reactive ketones (excluding diaryl/α,β-unsaturated/α-hetero) is 2. The van der Waals surface area contributed by atoms with Crippen molar-refractivity contribution in [3.63, 3.8) is 0 Å². The average molecular weight is 885 g/mol. The van der Waals surface area contributed by atoms with Gasteiger partial charge in [0.15, 0.2) is 30.3 Å². The monoisotopic (exact) mass is 884 g/mol. The van der Waals surface area contributed by atoms with Crippen LogP contribution in [0.1, 0.15) is 119 Å². The van der Waals surface area contributed by atoms with Crippen molar-refractivity contribution in [1.82, 2.24) is 0 Å². The smallest absolute Gasteiger partial charge is 0.316 e. The minimum absolute atomic E-state index is 0.0190. The lowest BCUT2D eigenvalue weighted by Gasteiger charge is -2.43. The summed E-state index contributed by atoms with van der Waals surface area (Å²) in [5.41, 5.74) is -0.188. The van der Waals surface area contributed by atoms with Crippen LogP contribution in [0, 0.1) is 23.7 Å². The molecule has 5 heterocycles. The second-order valence-corrected chi connectivity index (χ2v) is 19.2. The zero-order chi connectivity index (χ0) is 45.0. The van der Waals surface area contributed by atoms with E-state index in [4.69, 9.17) is 47.7 Å². The van der Waals surface area contributed by atoms with E-state index in [2.05, 4.69) is 19.9 Å². The third kappa shape index (κ3) is 10.8. The number of carbonyl (C=O) groups is 3. The Kier molecular flexibility index (Phi) is 16.4. The molecule has 0 spiro atoms. The fraction of sp³-hybridized carbons (Fsp3) is 0.776. The molecule has 5 aliphatic heterocycles. The summed E-state index contributed by atoms with van der Waals surface area (Å²) in [5, 5.41) is 12.4. The number of allylic oxidation sites excluding steroid dienone is 2. The van der Waals surface area contributed by atoms with Gasteiger partial charge in [0, 0.05) is 39.4 Å². The van der Waals surface area contributed by atoms with Crippen molar-refractivity contribution < 1.29 is 67.2 Å². The van der Waals surface area contributed by atoms with Crippen LogP contribution in [0.2, 0.25) is 0 Å². The third-order valence-corrected chi connectivity index (χ3v) is 14.7. The van der Waals surface area contributed by atoms with Crippen LogP contribution < -0.4 is 0 Å². The standard InChI is InChI=1S/C49H72O14/c1-27-14-12-18-34-26-56-47-42(50)30(4)22-37(49(34,47)53)48(52)59-35-19-13-15-28(2)45(33-16-10-9-11-17-33)63-62-36(23-35)21-20-29(3)44(27)60-41-25-39(55-8)46(32(6)58-41)61-40-24-38(54-7)43(51)31(5)57-40/h12,14,18,20,22,27-28,31-33,35-41,44-47,53H,9-11,13,15-17,19,21,23-26H2,1-8H3/b14-12+,29-20+,34-18+/t27-,28-,31?,32?,35+,36+,37-,38?,39?,40-,41-,44-,45-,46-,47+,49+/m0/s1. The van der Waals surface area contributed by atoms with Gasteiger partial charge in [0.05, 0.1) is 37.1 Å². The Morgan fingerprint density at radius 3 is 2.33 bits per heavy atom. The first-order valence-corrected chi connectivity index (χ1v) is 23.6. The number of methoxy groups -OCH3 is 2. The predicted molar refractivity (Wildman–Crippen MR) is 230 cm³/mol. The van der Waals surface area contributed by atoms with Gasteiger partial charge >= 0.3 is 5.97 Å². The van der Waals surface area contributed by atoms with Crippen LogP contribution in [0.15, 0.2) is 47.1 Å². The van der Waals surface area contributed by atoms with Crippen LogP contribution in [0.25, 0.3) is 0 Å². The van der Waals surface area contributed by atoms with E-state index >= 15 is 0 Å². The Bertz CT molecular complexity index is 1730. The van der Waals surface area contributed by atoms with Gasteiger partial charge in [0.2, 0.25) is 0 Å². The van der Waals surface area contributed by atoms with Gasteiger partial charge in [-0.1, -0.05) is 63.5 Å². The number of rotatable bonds is 7. The molecule has 0 amide bonds. The second kappa shape index (κ2) is 21.3. The van der Waals surface area contributed by atoms with Crippen LogP contribution in [-0.4, -0.2) is 123 Å². The zero-order valence-electron chi connectivity index (χ0n) is 38.6. The summed E-state index contributed by atoms with van der Waals surface area (Å²) in [6, 6.07) is 0. The molecule has 16 atom stereocenters. The van der Waals surface area contributed by atoms with Gasteiger partial charge in [-0.25, -0.2) is 9.78 Å². The zero-order valence-corrected chi connectivity index (χ0v) is 38.6. The molecule has 7 aliphatic rings. The second-order valence-electron chi connectivity index (χ2n) is 19.2. The first-order valence-electron chi connectivity index (χ1n) is 23.6. The predicted octanol–water partition coefficient (Wildman–Crippen LogP) is 6.76. The number of ketones is 2. The van der Waals surface area contributed by atoms with Crippen molar-refractivity contribution in [2.45, 2.75) is 198 Å². The van der Waals surface area contributed by atoms with Gasteiger partial charge in [-0.3, -0.25) is 14.4 Å². The van der Waals surface area contributed by atoms with Crippen molar-refractivity contribution in [2.24, 2.45) is 23.7 Å². The Balaban J connectivity index is 1.17. The fourth-order valence-corrected chi connectivity index (χ4v) is 10.9. The van der Waals surface area contributed by atoms with E-state index in [1.54, 1.807) is 27.0 Å². The van der Waals surface area contributed by atoms with E-state index in [0.717, 1.165) is 31.3 Å². The first-order chi connectivity index (χ1) is 30.2. The fourth-order valence-electron chi connectivity index (χ4n) is 10.9. The lowest BCUT2D eigenvalue weighted by atomic mass is 9.71. The molecule has 2 bridgehead atoms. The number of carbonyl (C=O) groups excluding carboxylic acids is 3.